The maximum Gasteiger partial charge on any atom is 0.342 e. The van der Waals surface area contributed by atoms with Gasteiger partial charge in [0.15, 0.2) is 6.61 Å². The van der Waals surface area contributed by atoms with Crippen molar-refractivity contribution >= 4 is 40.2 Å². The number of aromatic amines is 2. The lowest BCUT2D eigenvalue weighted by Crippen LogP contribution is -2.21. The average molecular weight is 362 g/mol. The maximum absolute atomic E-state index is 11.9. The first-order valence-corrected chi connectivity index (χ1v) is 7.48. The molecule has 0 saturated heterocycles. The van der Waals surface area contributed by atoms with E-state index in [4.69, 9.17) is 16.3 Å². The molecule has 0 bridgehead atoms. The number of halogens is 1. The first kappa shape index (κ1) is 16.6. The largest absolute Gasteiger partial charge is 0.507 e. The summed E-state index contributed by atoms with van der Waals surface area (Å²) in [6.45, 7) is -0.549. The van der Waals surface area contributed by atoms with Crippen LogP contribution in [0.5, 0.6) is 5.75 Å². The third-order valence-electron chi connectivity index (χ3n) is 3.31. The number of rotatable bonds is 4. The second kappa shape index (κ2) is 6.70. The fourth-order valence-electron chi connectivity index (χ4n) is 2.19. The van der Waals surface area contributed by atoms with Gasteiger partial charge in [-0.3, -0.25) is 4.79 Å². The molecule has 0 aliphatic carbocycles. The SMILES string of the molecule is O=C(COC(=O)c1cc(Cl)ccc1O)Nc1ccc2[nH]c(=O)[nH]c2c1. The van der Waals surface area contributed by atoms with Gasteiger partial charge in [0.1, 0.15) is 11.3 Å². The zero-order valence-electron chi connectivity index (χ0n) is 12.6. The number of carbonyl (C=O) groups excluding carboxylic acids is 2. The fourth-order valence-corrected chi connectivity index (χ4v) is 2.36. The molecule has 3 rings (SSSR count). The first-order valence-electron chi connectivity index (χ1n) is 7.10. The summed E-state index contributed by atoms with van der Waals surface area (Å²) in [7, 11) is 0. The molecule has 0 aliphatic heterocycles. The van der Waals surface area contributed by atoms with Gasteiger partial charge in [0.25, 0.3) is 5.91 Å². The molecule has 25 heavy (non-hydrogen) atoms. The van der Waals surface area contributed by atoms with Crippen LogP contribution in [0.2, 0.25) is 5.02 Å². The predicted octanol–water partition coefficient (Wildman–Crippen LogP) is 2.01. The van der Waals surface area contributed by atoms with E-state index in [1.807, 2.05) is 0 Å². The van der Waals surface area contributed by atoms with E-state index in [9.17, 15) is 19.5 Å². The second-order valence-electron chi connectivity index (χ2n) is 5.13. The van der Waals surface area contributed by atoms with Crippen LogP contribution in [0.15, 0.2) is 41.2 Å². The van der Waals surface area contributed by atoms with E-state index in [-0.39, 0.29) is 22.0 Å². The number of hydrogen-bond acceptors (Lipinski definition) is 5. The Balaban J connectivity index is 1.62. The van der Waals surface area contributed by atoms with E-state index in [1.165, 1.54) is 18.2 Å². The standard InChI is InChI=1S/C16H12ClN3O5/c17-8-1-4-13(21)10(5-8)15(23)25-7-14(22)18-9-2-3-11-12(6-9)20-16(24)19-11/h1-6,21H,7H2,(H,18,22)(H2,19,20,24). The molecule has 2 aromatic carbocycles. The lowest BCUT2D eigenvalue weighted by molar-refractivity contribution is -0.119. The lowest BCUT2D eigenvalue weighted by Gasteiger charge is -2.08. The Kier molecular flexibility index (Phi) is 4.44. The van der Waals surface area contributed by atoms with Gasteiger partial charge in [-0.25, -0.2) is 9.59 Å². The lowest BCUT2D eigenvalue weighted by atomic mass is 10.2. The number of nitrogens with one attached hydrogen (secondary N) is 3. The molecule has 0 fully saturated rings. The number of H-pyrrole nitrogens is 2. The van der Waals surface area contributed by atoms with Crippen molar-refractivity contribution in [2.24, 2.45) is 0 Å². The van der Waals surface area contributed by atoms with E-state index in [0.717, 1.165) is 0 Å². The molecule has 0 aliphatic rings. The van der Waals surface area contributed by atoms with Crippen LogP contribution in [0.4, 0.5) is 5.69 Å². The number of imidazole rings is 1. The van der Waals surface area contributed by atoms with E-state index in [0.29, 0.717) is 16.7 Å². The number of phenols is 1. The molecule has 1 heterocycles. The molecular weight excluding hydrogens is 350 g/mol. The Labute approximate surface area is 145 Å². The molecule has 0 saturated carbocycles. The number of hydrogen-bond donors (Lipinski definition) is 4. The number of esters is 1. The van der Waals surface area contributed by atoms with Crippen LogP contribution in [-0.2, 0) is 9.53 Å². The number of benzene rings is 2. The second-order valence-corrected chi connectivity index (χ2v) is 5.56. The van der Waals surface area contributed by atoms with Gasteiger partial charge in [-0.15, -0.1) is 0 Å². The highest BCUT2D eigenvalue weighted by atomic mass is 35.5. The molecular formula is C16H12ClN3O5. The molecule has 3 aromatic rings. The number of aromatic hydroxyl groups is 1. The number of anilines is 1. The summed E-state index contributed by atoms with van der Waals surface area (Å²) < 4.78 is 4.86. The summed E-state index contributed by atoms with van der Waals surface area (Å²) in [6.07, 6.45) is 0. The minimum atomic E-state index is -0.874. The number of ether oxygens (including phenoxy) is 1. The number of fused-ring (bicyclic) bond motifs is 1. The molecule has 0 unspecified atom stereocenters. The van der Waals surface area contributed by atoms with Gasteiger partial charge in [-0.05, 0) is 36.4 Å². The third kappa shape index (κ3) is 3.81. The summed E-state index contributed by atoms with van der Waals surface area (Å²) in [6, 6.07) is 8.70. The maximum atomic E-state index is 11.9. The smallest absolute Gasteiger partial charge is 0.342 e. The highest BCUT2D eigenvalue weighted by Gasteiger charge is 2.15. The van der Waals surface area contributed by atoms with Crippen LogP contribution in [0, 0.1) is 0 Å². The summed E-state index contributed by atoms with van der Waals surface area (Å²) in [4.78, 5) is 40.1. The molecule has 1 aromatic heterocycles. The van der Waals surface area contributed by atoms with Gasteiger partial charge in [0, 0.05) is 10.7 Å². The number of phenolic OH excluding ortho intramolecular Hbond substituents is 1. The van der Waals surface area contributed by atoms with E-state index in [2.05, 4.69) is 15.3 Å². The van der Waals surface area contributed by atoms with Crippen LogP contribution in [0.1, 0.15) is 10.4 Å². The molecule has 1 amide bonds. The van der Waals surface area contributed by atoms with E-state index >= 15 is 0 Å². The topological polar surface area (TPSA) is 124 Å². The minimum absolute atomic E-state index is 0.133. The Morgan fingerprint density at radius 3 is 2.68 bits per heavy atom. The van der Waals surface area contributed by atoms with Gasteiger partial charge in [0.05, 0.1) is 11.0 Å². The number of carbonyl (C=O) groups is 2. The molecule has 0 radical (unpaired) electrons. The molecule has 0 atom stereocenters. The molecule has 0 spiro atoms. The summed E-state index contributed by atoms with van der Waals surface area (Å²) in [5.41, 5.74) is 1.07. The molecule has 4 N–H and O–H groups in total. The van der Waals surface area contributed by atoms with Crippen molar-refractivity contribution in [1.29, 1.82) is 0 Å². The minimum Gasteiger partial charge on any atom is -0.507 e. The van der Waals surface area contributed by atoms with Crippen molar-refractivity contribution in [1.82, 2.24) is 9.97 Å². The van der Waals surface area contributed by atoms with E-state index < -0.39 is 18.5 Å². The van der Waals surface area contributed by atoms with Gasteiger partial charge in [-0.1, -0.05) is 11.6 Å². The molecule has 9 heteroatoms. The Bertz CT molecular complexity index is 1020. The quantitative estimate of drug-likeness (QED) is 0.529. The number of aromatic nitrogens is 2. The predicted molar refractivity (Wildman–Crippen MR) is 90.9 cm³/mol. The van der Waals surface area contributed by atoms with Crippen LogP contribution in [0.25, 0.3) is 11.0 Å². The van der Waals surface area contributed by atoms with Gasteiger partial charge in [-0.2, -0.15) is 0 Å². The summed E-state index contributed by atoms with van der Waals surface area (Å²) >= 11 is 5.75. The van der Waals surface area contributed by atoms with E-state index in [1.54, 1.807) is 18.2 Å². The number of amides is 1. The van der Waals surface area contributed by atoms with Crippen molar-refractivity contribution in [3.05, 3.63) is 57.5 Å². The van der Waals surface area contributed by atoms with Crippen molar-refractivity contribution in [2.45, 2.75) is 0 Å². The average Bonchev–Trinajstić information content (AvgIpc) is 2.94. The molecule has 8 nitrogen and oxygen atoms in total. The highest BCUT2D eigenvalue weighted by molar-refractivity contribution is 6.31. The first-order chi connectivity index (χ1) is 11.9. The normalized spacial score (nSPS) is 10.6. The monoisotopic (exact) mass is 361 g/mol. The van der Waals surface area contributed by atoms with Crippen LogP contribution in [-0.4, -0.2) is 33.6 Å². The van der Waals surface area contributed by atoms with Crippen molar-refractivity contribution in [2.75, 3.05) is 11.9 Å². The van der Waals surface area contributed by atoms with Gasteiger partial charge < -0.3 is 25.1 Å². The third-order valence-corrected chi connectivity index (χ3v) is 3.55. The molecule has 128 valence electrons. The van der Waals surface area contributed by atoms with Crippen molar-refractivity contribution in [3.63, 3.8) is 0 Å². The van der Waals surface area contributed by atoms with Gasteiger partial charge >= 0.3 is 11.7 Å². The van der Waals surface area contributed by atoms with Crippen LogP contribution < -0.4 is 11.0 Å². The summed E-state index contributed by atoms with van der Waals surface area (Å²) in [5.74, 6) is -1.75. The zero-order chi connectivity index (χ0) is 18.0. The van der Waals surface area contributed by atoms with Crippen molar-refractivity contribution in [3.8, 4) is 5.75 Å². The fraction of sp³-hybridized carbons (Fsp3) is 0.0625. The highest BCUT2D eigenvalue weighted by Crippen LogP contribution is 2.22. The Morgan fingerprint density at radius 1 is 1.12 bits per heavy atom. The summed E-state index contributed by atoms with van der Waals surface area (Å²) in [5, 5.41) is 12.4. The zero-order valence-corrected chi connectivity index (χ0v) is 13.4. The Morgan fingerprint density at radius 2 is 1.88 bits per heavy atom. The van der Waals surface area contributed by atoms with Crippen LogP contribution in [0.3, 0.4) is 0 Å². The van der Waals surface area contributed by atoms with Crippen LogP contribution >= 0.6 is 11.6 Å². The van der Waals surface area contributed by atoms with Gasteiger partial charge in [0.2, 0.25) is 0 Å². The van der Waals surface area contributed by atoms with Crippen molar-refractivity contribution < 1.29 is 19.4 Å². The Hall–Kier alpha value is -3.26.